The number of anilines is 2. The van der Waals surface area contributed by atoms with E-state index >= 15 is 0 Å². The van der Waals surface area contributed by atoms with Crippen molar-refractivity contribution in [2.45, 2.75) is 38.6 Å². The molecule has 0 bridgehead atoms. The van der Waals surface area contributed by atoms with Gasteiger partial charge in [0.2, 0.25) is 5.91 Å². The van der Waals surface area contributed by atoms with E-state index in [1.807, 2.05) is 0 Å². The first-order chi connectivity index (χ1) is 17.2. The third kappa shape index (κ3) is 4.22. The third-order valence-corrected chi connectivity index (χ3v) is 7.92. The summed E-state index contributed by atoms with van der Waals surface area (Å²) in [5.41, 5.74) is 4.65. The van der Waals surface area contributed by atoms with E-state index in [0.717, 1.165) is 43.0 Å². The van der Waals surface area contributed by atoms with Crippen LogP contribution in [-0.4, -0.2) is 25.0 Å². The van der Waals surface area contributed by atoms with Gasteiger partial charge >= 0.3 is 0 Å². The second kappa shape index (κ2) is 9.26. The molecule has 1 heterocycles. The van der Waals surface area contributed by atoms with Gasteiger partial charge in [-0.15, -0.1) is 0 Å². The standard InChI is InChI=1S/C31H33N3O/c1-20-10-12-23(13-11-20)31(35)34-24-18-32-27-16-14-21-6-2-4-8-25(21)29(27)30-26-9-5-3-7-22(26)15-17-28(30)33-19-24/h2-9,14-17,20,23-24,32-33H,10-13,18-19H2,1H3,(H,34,35). The minimum absolute atomic E-state index is 0.00131. The molecule has 6 rings (SSSR count). The van der Waals surface area contributed by atoms with Crippen molar-refractivity contribution in [2.75, 3.05) is 23.7 Å². The summed E-state index contributed by atoms with van der Waals surface area (Å²) in [5, 5.41) is 15.7. The molecule has 1 aliphatic heterocycles. The number of rotatable bonds is 2. The van der Waals surface area contributed by atoms with Gasteiger partial charge in [0.05, 0.1) is 6.04 Å². The van der Waals surface area contributed by atoms with Crippen molar-refractivity contribution in [3.63, 3.8) is 0 Å². The van der Waals surface area contributed by atoms with E-state index in [0.29, 0.717) is 13.1 Å². The fourth-order valence-electron chi connectivity index (χ4n) is 5.86. The van der Waals surface area contributed by atoms with Gasteiger partial charge in [0.25, 0.3) is 0 Å². The van der Waals surface area contributed by atoms with Crippen LogP contribution in [0.4, 0.5) is 11.4 Å². The van der Waals surface area contributed by atoms with Crippen LogP contribution in [0.3, 0.4) is 0 Å². The van der Waals surface area contributed by atoms with Crippen LogP contribution in [0, 0.1) is 11.8 Å². The lowest BCUT2D eigenvalue weighted by molar-refractivity contribution is -0.126. The van der Waals surface area contributed by atoms with Crippen molar-refractivity contribution in [3.8, 4) is 11.1 Å². The Morgan fingerprint density at radius 2 is 1.23 bits per heavy atom. The van der Waals surface area contributed by atoms with Crippen LogP contribution in [0.1, 0.15) is 32.6 Å². The van der Waals surface area contributed by atoms with Gasteiger partial charge in [-0.3, -0.25) is 4.79 Å². The molecule has 0 spiro atoms. The maximum Gasteiger partial charge on any atom is 0.223 e. The fourth-order valence-corrected chi connectivity index (χ4v) is 5.86. The first kappa shape index (κ1) is 22.0. The molecule has 4 aromatic carbocycles. The van der Waals surface area contributed by atoms with Crippen molar-refractivity contribution >= 4 is 38.8 Å². The van der Waals surface area contributed by atoms with E-state index in [2.05, 4.69) is 95.7 Å². The number of benzene rings is 4. The van der Waals surface area contributed by atoms with E-state index in [1.165, 1.54) is 32.7 Å². The van der Waals surface area contributed by atoms with Crippen LogP contribution in [0.15, 0.2) is 72.8 Å². The zero-order valence-corrected chi connectivity index (χ0v) is 20.3. The molecule has 178 valence electrons. The SMILES string of the molecule is CC1CCC(C(=O)NC2CNc3ccc4ccccc4c3-c3c(ccc4ccccc34)NC2)CC1. The zero-order chi connectivity index (χ0) is 23.8. The summed E-state index contributed by atoms with van der Waals surface area (Å²) in [6.45, 7) is 3.65. The Kier molecular flexibility index (Phi) is 5.81. The average Bonchev–Trinajstić information content (AvgIpc) is 2.97. The van der Waals surface area contributed by atoms with E-state index in [1.54, 1.807) is 0 Å². The second-order valence-electron chi connectivity index (χ2n) is 10.3. The molecule has 3 N–H and O–H groups in total. The van der Waals surface area contributed by atoms with Gasteiger partial charge < -0.3 is 16.0 Å². The maximum absolute atomic E-state index is 13.1. The molecule has 2 aliphatic rings. The Bertz CT molecular complexity index is 1300. The number of fused-ring (bicyclic) bond motifs is 7. The fraction of sp³-hybridized carbons (Fsp3) is 0.323. The third-order valence-electron chi connectivity index (χ3n) is 7.92. The maximum atomic E-state index is 13.1. The summed E-state index contributed by atoms with van der Waals surface area (Å²) in [6, 6.07) is 25.9. The average molecular weight is 464 g/mol. The van der Waals surface area contributed by atoms with Gasteiger partial charge in [0.1, 0.15) is 0 Å². The van der Waals surface area contributed by atoms with E-state index in [-0.39, 0.29) is 17.9 Å². The highest BCUT2D eigenvalue weighted by atomic mass is 16.1. The molecule has 1 saturated carbocycles. The van der Waals surface area contributed by atoms with Crippen LogP contribution in [-0.2, 0) is 4.79 Å². The lowest BCUT2D eigenvalue weighted by Crippen LogP contribution is -2.46. The summed E-state index contributed by atoms with van der Waals surface area (Å²) in [6.07, 6.45) is 4.31. The summed E-state index contributed by atoms with van der Waals surface area (Å²) in [4.78, 5) is 13.1. The molecule has 0 saturated heterocycles. The molecule has 1 fully saturated rings. The van der Waals surface area contributed by atoms with Crippen LogP contribution in [0.25, 0.3) is 32.7 Å². The van der Waals surface area contributed by atoms with Crippen molar-refractivity contribution in [1.29, 1.82) is 0 Å². The Labute approximate surface area is 207 Å². The smallest absolute Gasteiger partial charge is 0.223 e. The molecule has 1 amide bonds. The Hall–Kier alpha value is -3.53. The molecule has 4 aromatic rings. The van der Waals surface area contributed by atoms with E-state index in [4.69, 9.17) is 0 Å². The highest BCUT2D eigenvalue weighted by molar-refractivity contribution is 6.13. The lowest BCUT2D eigenvalue weighted by atomic mass is 9.82. The highest BCUT2D eigenvalue weighted by Crippen LogP contribution is 2.44. The predicted molar refractivity (Wildman–Crippen MR) is 147 cm³/mol. The quantitative estimate of drug-likeness (QED) is 0.306. The van der Waals surface area contributed by atoms with Crippen molar-refractivity contribution < 1.29 is 4.79 Å². The van der Waals surface area contributed by atoms with Gasteiger partial charge in [-0.05, 0) is 65.3 Å². The number of hydrogen-bond acceptors (Lipinski definition) is 3. The molecule has 35 heavy (non-hydrogen) atoms. The van der Waals surface area contributed by atoms with Gasteiger partial charge in [-0.2, -0.15) is 0 Å². The van der Waals surface area contributed by atoms with Gasteiger partial charge in [-0.1, -0.05) is 67.6 Å². The first-order valence-corrected chi connectivity index (χ1v) is 13.0. The summed E-state index contributed by atoms with van der Waals surface area (Å²) in [5.74, 6) is 1.10. The highest BCUT2D eigenvalue weighted by Gasteiger charge is 2.27. The van der Waals surface area contributed by atoms with Crippen molar-refractivity contribution in [2.24, 2.45) is 11.8 Å². The molecular weight excluding hydrogens is 430 g/mol. The molecule has 4 nitrogen and oxygen atoms in total. The molecule has 1 aliphatic carbocycles. The first-order valence-electron chi connectivity index (χ1n) is 13.0. The Morgan fingerprint density at radius 3 is 1.77 bits per heavy atom. The molecule has 0 unspecified atom stereocenters. The monoisotopic (exact) mass is 463 g/mol. The topological polar surface area (TPSA) is 53.2 Å². The Morgan fingerprint density at radius 1 is 0.714 bits per heavy atom. The van der Waals surface area contributed by atoms with Crippen molar-refractivity contribution in [1.82, 2.24) is 5.32 Å². The van der Waals surface area contributed by atoms with E-state index < -0.39 is 0 Å². The molecular formula is C31H33N3O. The molecule has 0 radical (unpaired) electrons. The molecule has 0 atom stereocenters. The van der Waals surface area contributed by atoms with Gasteiger partial charge in [0, 0.05) is 41.5 Å². The number of carbonyl (C=O) groups is 1. The van der Waals surface area contributed by atoms with Crippen LogP contribution >= 0.6 is 0 Å². The van der Waals surface area contributed by atoms with Crippen LogP contribution in [0.2, 0.25) is 0 Å². The van der Waals surface area contributed by atoms with Gasteiger partial charge in [-0.25, -0.2) is 0 Å². The van der Waals surface area contributed by atoms with Crippen molar-refractivity contribution in [3.05, 3.63) is 72.8 Å². The summed E-state index contributed by atoms with van der Waals surface area (Å²) < 4.78 is 0. The summed E-state index contributed by atoms with van der Waals surface area (Å²) >= 11 is 0. The predicted octanol–water partition coefficient (Wildman–Crippen LogP) is 6.81. The van der Waals surface area contributed by atoms with Gasteiger partial charge in [0.15, 0.2) is 0 Å². The minimum atomic E-state index is -0.00131. The Balaban J connectivity index is 1.41. The second-order valence-corrected chi connectivity index (χ2v) is 10.3. The number of carbonyl (C=O) groups excluding carboxylic acids is 1. The summed E-state index contributed by atoms with van der Waals surface area (Å²) in [7, 11) is 0. The van der Waals surface area contributed by atoms with Crippen LogP contribution in [0.5, 0.6) is 0 Å². The lowest BCUT2D eigenvalue weighted by Gasteiger charge is -2.28. The number of nitrogens with one attached hydrogen (secondary N) is 3. The molecule has 0 aromatic heterocycles. The molecule has 4 heteroatoms. The normalized spacial score (nSPS) is 20.5. The largest absolute Gasteiger partial charge is 0.382 e. The van der Waals surface area contributed by atoms with Crippen LogP contribution < -0.4 is 16.0 Å². The number of amides is 1. The zero-order valence-electron chi connectivity index (χ0n) is 20.3. The van der Waals surface area contributed by atoms with E-state index in [9.17, 15) is 4.79 Å². The minimum Gasteiger partial charge on any atom is -0.382 e. The number of hydrogen-bond donors (Lipinski definition) is 3.